The van der Waals surface area contributed by atoms with E-state index in [2.05, 4.69) is 4.74 Å². The van der Waals surface area contributed by atoms with Gasteiger partial charge in [0.15, 0.2) is 0 Å². The zero-order valence-corrected chi connectivity index (χ0v) is 9.22. The van der Waals surface area contributed by atoms with E-state index in [-0.39, 0.29) is 13.2 Å². The summed E-state index contributed by atoms with van der Waals surface area (Å²) in [6, 6.07) is 0. The van der Waals surface area contributed by atoms with E-state index in [9.17, 15) is 4.79 Å². The molecular weight excluding hydrogens is 218 g/mol. The monoisotopic (exact) mass is 237 g/mol. The molecular formula is C9H19NO6. The van der Waals surface area contributed by atoms with Crippen molar-refractivity contribution in [3.05, 3.63) is 0 Å². The molecule has 0 saturated heterocycles. The van der Waals surface area contributed by atoms with Gasteiger partial charge in [0.05, 0.1) is 39.6 Å². The van der Waals surface area contributed by atoms with E-state index in [1.54, 1.807) is 0 Å². The number of ether oxygens (including phenoxy) is 4. The first-order valence-electron chi connectivity index (χ1n) is 5.06. The molecule has 0 aromatic heterocycles. The van der Waals surface area contributed by atoms with Crippen LogP contribution in [0.2, 0.25) is 0 Å². The van der Waals surface area contributed by atoms with Gasteiger partial charge in [-0.3, -0.25) is 0 Å². The average Bonchev–Trinajstić information content (AvgIpc) is 2.25. The molecule has 0 radical (unpaired) electrons. The van der Waals surface area contributed by atoms with Gasteiger partial charge in [0.25, 0.3) is 0 Å². The quantitative estimate of drug-likeness (QED) is 0.375. The molecule has 0 aromatic rings. The SMILES string of the molecule is NCCOCCOCCOCCOC(=O)O. The highest BCUT2D eigenvalue weighted by Crippen LogP contribution is 1.82. The molecule has 0 aromatic carbocycles. The molecule has 7 heteroatoms. The van der Waals surface area contributed by atoms with Gasteiger partial charge in [0.2, 0.25) is 0 Å². The molecule has 0 amide bonds. The lowest BCUT2D eigenvalue weighted by Crippen LogP contribution is -2.14. The molecule has 0 aliphatic heterocycles. The summed E-state index contributed by atoms with van der Waals surface area (Å²) in [5, 5.41) is 8.13. The summed E-state index contributed by atoms with van der Waals surface area (Å²) in [6.45, 7) is 3.17. The van der Waals surface area contributed by atoms with Gasteiger partial charge >= 0.3 is 6.16 Å². The zero-order valence-electron chi connectivity index (χ0n) is 9.22. The third kappa shape index (κ3) is 13.1. The molecule has 96 valence electrons. The third-order valence-corrected chi connectivity index (χ3v) is 1.46. The Morgan fingerprint density at radius 2 is 1.31 bits per heavy atom. The Morgan fingerprint density at radius 1 is 0.875 bits per heavy atom. The van der Waals surface area contributed by atoms with Crippen molar-refractivity contribution in [2.45, 2.75) is 0 Å². The van der Waals surface area contributed by atoms with Crippen LogP contribution in [-0.2, 0) is 18.9 Å². The fraction of sp³-hybridized carbons (Fsp3) is 0.889. The third-order valence-electron chi connectivity index (χ3n) is 1.46. The van der Waals surface area contributed by atoms with Gasteiger partial charge in [-0.15, -0.1) is 0 Å². The van der Waals surface area contributed by atoms with Crippen LogP contribution in [-0.4, -0.2) is 64.1 Å². The van der Waals surface area contributed by atoms with Gasteiger partial charge in [0, 0.05) is 6.54 Å². The van der Waals surface area contributed by atoms with Gasteiger partial charge in [-0.1, -0.05) is 0 Å². The van der Waals surface area contributed by atoms with Crippen molar-refractivity contribution in [2.24, 2.45) is 5.73 Å². The van der Waals surface area contributed by atoms with Crippen molar-refractivity contribution in [1.29, 1.82) is 0 Å². The van der Waals surface area contributed by atoms with E-state index in [0.717, 1.165) is 0 Å². The number of rotatable bonds is 11. The second-order valence-electron chi connectivity index (χ2n) is 2.74. The molecule has 7 nitrogen and oxygen atoms in total. The van der Waals surface area contributed by atoms with Crippen LogP contribution in [0.5, 0.6) is 0 Å². The number of carboxylic acid groups (broad SMARTS) is 1. The number of hydrogen-bond donors (Lipinski definition) is 2. The van der Waals surface area contributed by atoms with Gasteiger partial charge < -0.3 is 29.8 Å². The molecule has 0 spiro atoms. The first-order valence-corrected chi connectivity index (χ1v) is 5.06. The summed E-state index contributed by atoms with van der Waals surface area (Å²) in [5.41, 5.74) is 5.22. The molecule has 0 aliphatic rings. The molecule has 0 aliphatic carbocycles. The standard InChI is InChI=1S/C9H19NO6/c10-1-2-13-3-4-14-5-6-15-7-8-16-9(11)12/h1-8,10H2,(H,11,12). The summed E-state index contributed by atoms with van der Waals surface area (Å²) in [6.07, 6.45) is -1.29. The first kappa shape index (κ1) is 15.1. The summed E-state index contributed by atoms with van der Waals surface area (Å²) < 4.78 is 19.5. The second kappa shape index (κ2) is 12.2. The van der Waals surface area contributed by atoms with E-state index < -0.39 is 6.16 Å². The molecule has 0 atom stereocenters. The lowest BCUT2D eigenvalue weighted by atomic mass is 10.7. The maximum absolute atomic E-state index is 9.93. The molecule has 3 N–H and O–H groups in total. The summed E-state index contributed by atoms with van der Waals surface area (Å²) in [4.78, 5) is 9.93. The van der Waals surface area contributed by atoms with Crippen LogP contribution < -0.4 is 5.73 Å². The topological polar surface area (TPSA) is 100 Å². The molecule has 0 heterocycles. The highest BCUT2D eigenvalue weighted by Gasteiger charge is 1.95. The van der Waals surface area contributed by atoms with Crippen molar-refractivity contribution >= 4 is 6.16 Å². The maximum atomic E-state index is 9.93. The van der Waals surface area contributed by atoms with Crippen LogP contribution in [0, 0.1) is 0 Å². The first-order chi connectivity index (χ1) is 7.77. The van der Waals surface area contributed by atoms with Crippen LogP contribution in [0.1, 0.15) is 0 Å². The fourth-order valence-electron chi connectivity index (χ4n) is 0.813. The molecule has 0 rings (SSSR count). The van der Waals surface area contributed by atoms with Crippen LogP contribution in [0.15, 0.2) is 0 Å². The minimum absolute atomic E-state index is 0.0367. The molecule has 0 fully saturated rings. The van der Waals surface area contributed by atoms with Gasteiger partial charge in [-0.05, 0) is 0 Å². The van der Waals surface area contributed by atoms with Crippen molar-refractivity contribution in [3.63, 3.8) is 0 Å². The van der Waals surface area contributed by atoms with Crippen molar-refractivity contribution < 1.29 is 28.8 Å². The Bertz CT molecular complexity index is 166. The van der Waals surface area contributed by atoms with E-state index in [1.807, 2.05) is 0 Å². The molecule has 0 saturated carbocycles. The maximum Gasteiger partial charge on any atom is 0.505 e. The Kier molecular flexibility index (Phi) is 11.5. The zero-order chi connectivity index (χ0) is 12.1. The average molecular weight is 237 g/mol. The Hall–Kier alpha value is -0.890. The summed E-state index contributed by atoms with van der Waals surface area (Å²) in [5.74, 6) is 0. The molecule has 16 heavy (non-hydrogen) atoms. The predicted molar refractivity (Wildman–Crippen MR) is 55.5 cm³/mol. The summed E-state index contributed by atoms with van der Waals surface area (Å²) in [7, 11) is 0. The smallest absolute Gasteiger partial charge is 0.450 e. The van der Waals surface area contributed by atoms with Gasteiger partial charge in [-0.2, -0.15) is 0 Å². The lowest BCUT2D eigenvalue weighted by Gasteiger charge is -2.06. The van der Waals surface area contributed by atoms with Crippen LogP contribution in [0.3, 0.4) is 0 Å². The minimum atomic E-state index is -1.29. The summed E-state index contributed by atoms with van der Waals surface area (Å²) >= 11 is 0. The minimum Gasteiger partial charge on any atom is -0.450 e. The number of nitrogens with two attached hydrogens (primary N) is 1. The van der Waals surface area contributed by atoms with E-state index in [1.165, 1.54) is 0 Å². The Balaban J connectivity index is 2.90. The number of carbonyl (C=O) groups is 1. The fourth-order valence-corrected chi connectivity index (χ4v) is 0.813. The van der Waals surface area contributed by atoms with Crippen molar-refractivity contribution in [2.75, 3.05) is 52.8 Å². The van der Waals surface area contributed by atoms with Crippen molar-refractivity contribution in [3.8, 4) is 0 Å². The highest BCUT2D eigenvalue weighted by atomic mass is 16.7. The van der Waals surface area contributed by atoms with E-state index in [4.69, 9.17) is 25.1 Å². The highest BCUT2D eigenvalue weighted by molar-refractivity contribution is 5.56. The van der Waals surface area contributed by atoms with Gasteiger partial charge in [-0.25, -0.2) is 4.79 Å². The van der Waals surface area contributed by atoms with Crippen LogP contribution in [0.25, 0.3) is 0 Å². The Labute approximate surface area is 94.4 Å². The van der Waals surface area contributed by atoms with Crippen molar-refractivity contribution in [1.82, 2.24) is 0 Å². The van der Waals surface area contributed by atoms with Crippen LogP contribution in [0.4, 0.5) is 4.79 Å². The predicted octanol–water partition coefficient (Wildman–Crippen LogP) is -0.310. The van der Waals surface area contributed by atoms with E-state index >= 15 is 0 Å². The molecule has 0 unspecified atom stereocenters. The van der Waals surface area contributed by atoms with Gasteiger partial charge in [0.1, 0.15) is 6.61 Å². The second-order valence-corrected chi connectivity index (χ2v) is 2.74. The number of hydrogen-bond acceptors (Lipinski definition) is 6. The van der Waals surface area contributed by atoms with E-state index in [0.29, 0.717) is 39.6 Å². The van der Waals surface area contributed by atoms with Crippen LogP contribution >= 0.6 is 0 Å². The lowest BCUT2D eigenvalue weighted by molar-refractivity contribution is 0.00240. The largest absolute Gasteiger partial charge is 0.505 e. The molecule has 0 bridgehead atoms. The normalized spacial score (nSPS) is 10.3. The Morgan fingerprint density at radius 3 is 1.75 bits per heavy atom.